The van der Waals surface area contributed by atoms with Gasteiger partial charge in [0.1, 0.15) is 5.52 Å². The molecule has 2 aromatic carbocycles. The zero-order valence-electron chi connectivity index (χ0n) is 10.2. The molecule has 0 amide bonds. The van der Waals surface area contributed by atoms with Crippen LogP contribution in [0.3, 0.4) is 0 Å². The number of nitrogens with zero attached hydrogens (tertiary/aromatic N) is 2. The minimum absolute atomic E-state index is 0.296. The number of fused-ring (bicyclic) bond motifs is 1. The fraction of sp³-hybridized carbons (Fsp3) is 0. The number of nitrogens with two attached hydrogens (primary N) is 1. The number of nitrogens with one attached hydrogen (secondary N) is 1. The van der Waals surface area contributed by atoms with Crippen LogP contribution < -0.4 is 11.1 Å². The van der Waals surface area contributed by atoms with Crippen LogP contribution in [0.4, 0.5) is 17.4 Å². The highest BCUT2D eigenvalue weighted by Gasteiger charge is 2.10. The van der Waals surface area contributed by atoms with Gasteiger partial charge in [-0.05, 0) is 30.3 Å². The van der Waals surface area contributed by atoms with E-state index < -0.39 is 0 Å². The number of hydrogen-bond acceptors (Lipinski definition) is 5. The molecule has 0 aliphatic heterocycles. The molecule has 1 heterocycles. The van der Waals surface area contributed by atoms with Crippen LogP contribution in [0.25, 0.3) is 11.1 Å². The third-order valence-corrected chi connectivity index (χ3v) is 3.10. The van der Waals surface area contributed by atoms with Gasteiger partial charge in [-0.25, -0.2) is 0 Å². The molecule has 1 aromatic heterocycles. The molecule has 0 spiro atoms. The zero-order chi connectivity index (χ0) is 14.1. The molecule has 98 valence electrons. The fourth-order valence-corrected chi connectivity index (χ4v) is 2.05. The minimum atomic E-state index is 0.296. The predicted octanol–water partition coefficient (Wildman–Crippen LogP) is 3.68. The van der Waals surface area contributed by atoms with Gasteiger partial charge >= 0.3 is 0 Å². The normalized spacial score (nSPS) is 10.4. The van der Waals surface area contributed by atoms with E-state index in [1.54, 1.807) is 36.4 Å². The molecule has 0 atom stereocenters. The largest absolute Gasteiger partial charge is 0.423 e. The zero-order valence-corrected chi connectivity index (χ0v) is 11.0. The highest BCUT2D eigenvalue weighted by molar-refractivity contribution is 6.33. The first-order valence-corrected chi connectivity index (χ1v) is 6.17. The Morgan fingerprint density at radius 1 is 1.30 bits per heavy atom. The molecule has 0 bridgehead atoms. The van der Waals surface area contributed by atoms with E-state index in [1.807, 2.05) is 6.07 Å². The lowest BCUT2D eigenvalue weighted by molar-refractivity contribution is 0.623. The van der Waals surface area contributed by atoms with Crippen molar-refractivity contribution in [1.82, 2.24) is 4.98 Å². The number of benzene rings is 2. The van der Waals surface area contributed by atoms with Crippen LogP contribution in [-0.4, -0.2) is 4.98 Å². The van der Waals surface area contributed by atoms with Crippen molar-refractivity contribution < 1.29 is 4.42 Å². The van der Waals surface area contributed by atoms with Crippen molar-refractivity contribution in [1.29, 1.82) is 5.26 Å². The number of aromatic nitrogens is 1. The first-order chi connectivity index (χ1) is 9.67. The summed E-state index contributed by atoms with van der Waals surface area (Å²) in [7, 11) is 0. The van der Waals surface area contributed by atoms with Crippen molar-refractivity contribution in [2.45, 2.75) is 0 Å². The van der Waals surface area contributed by atoms with Crippen molar-refractivity contribution in [3.05, 3.63) is 47.0 Å². The van der Waals surface area contributed by atoms with E-state index in [1.165, 1.54) is 0 Å². The summed E-state index contributed by atoms with van der Waals surface area (Å²) in [5.74, 6) is 0. The molecule has 0 saturated heterocycles. The summed E-state index contributed by atoms with van der Waals surface area (Å²) in [6.07, 6.45) is 0. The molecular weight excluding hydrogens is 276 g/mol. The molecule has 0 saturated carbocycles. The lowest BCUT2D eigenvalue weighted by Gasteiger charge is -2.03. The molecule has 0 aliphatic rings. The number of hydrogen-bond donors (Lipinski definition) is 2. The number of halogens is 1. The van der Waals surface area contributed by atoms with Gasteiger partial charge in [-0.1, -0.05) is 17.7 Å². The van der Waals surface area contributed by atoms with Crippen LogP contribution >= 0.6 is 11.6 Å². The third-order valence-electron chi connectivity index (χ3n) is 2.79. The van der Waals surface area contributed by atoms with Crippen molar-refractivity contribution in [3.63, 3.8) is 0 Å². The summed E-state index contributed by atoms with van der Waals surface area (Å²) in [4.78, 5) is 4.26. The molecule has 0 unspecified atom stereocenters. The summed E-state index contributed by atoms with van der Waals surface area (Å²) in [5.41, 5.74) is 8.65. The third kappa shape index (κ3) is 2.13. The van der Waals surface area contributed by atoms with Crippen LogP contribution in [-0.2, 0) is 0 Å². The highest BCUT2D eigenvalue weighted by atomic mass is 35.5. The SMILES string of the molecule is N#Cc1ccc(Nc2nc3c(N)cccc3o2)c(Cl)c1. The van der Waals surface area contributed by atoms with Crippen LogP contribution in [0, 0.1) is 11.3 Å². The Hall–Kier alpha value is -2.71. The van der Waals surface area contributed by atoms with Gasteiger partial charge in [0, 0.05) is 0 Å². The molecule has 0 fully saturated rings. The predicted molar refractivity (Wildman–Crippen MR) is 77.9 cm³/mol. The Bertz CT molecular complexity index is 835. The first kappa shape index (κ1) is 12.3. The summed E-state index contributed by atoms with van der Waals surface area (Å²) in [5, 5.41) is 12.2. The van der Waals surface area contributed by atoms with Gasteiger partial charge in [-0.15, -0.1) is 0 Å². The lowest BCUT2D eigenvalue weighted by atomic mass is 10.2. The molecule has 3 rings (SSSR count). The van der Waals surface area contributed by atoms with Gasteiger partial charge in [0.05, 0.1) is 28.0 Å². The second-order valence-electron chi connectivity index (χ2n) is 4.14. The van der Waals surface area contributed by atoms with Crippen molar-refractivity contribution >= 4 is 40.1 Å². The van der Waals surface area contributed by atoms with Crippen LogP contribution in [0.1, 0.15) is 5.56 Å². The van der Waals surface area contributed by atoms with E-state index in [0.29, 0.717) is 39.1 Å². The maximum absolute atomic E-state index is 8.79. The molecule has 0 aliphatic carbocycles. The van der Waals surface area contributed by atoms with E-state index in [0.717, 1.165) is 0 Å². The average molecular weight is 285 g/mol. The molecule has 3 aromatic rings. The van der Waals surface area contributed by atoms with E-state index in [9.17, 15) is 0 Å². The molecule has 3 N–H and O–H groups in total. The fourth-order valence-electron chi connectivity index (χ4n) is 1.82. The Kier molecular flexibility index (Phi) is 2.93. The number of nitrogen functional groups attached to an aromatic ring is 1. The van der Waals surface area contributed by atoms with Gasteiger partial charge in [0.15, 0.2) is 5.58 Å². The number of rotatable bonds is 2. The van der Waals surface area contributed by atoms with Gasteiger partial charge in [-0.3, -0.25) is 0 Å². The van der Waals surface area contributed by atoms with Crippen LogP contribution in [0.5, 0.6) is 0 Å². The standard InChI is InChI=1S/C14H9ClN4O/c15-9-6-8(7-16)4-5-11(9)18-14-19-13-10(17)2-1-3-12(13)20-14/h1-6H,17H2,(H,18,19). The van der Waals surface area contributed by atoms with E-state index in [-0.39, 0.29) is 0 Å². The smallest absolute Gasteiger partial charge is 0.300 e. The molecule has 6 heteroatoms. The van der Waals surface area contributed by atoms with Gasteiger partial charge in [0.25, 0.3) is 6.01 Å². The molecule has 20 heavy (non-hydrogen) atoms. The van der Waals surface area contributed by atoms with Gasteiger partial charge in [0.2, 0.25) is 0 Å². The van der Waals surface area contributed by atoms with Crippen LogP contribution in [0.15, 0.2) is 40.8 Å². The number of nitriles is 1. The Morgan fingerprint density at radius 3 is 2.85 bits per heavy atom. The van der Waals surface area contributed by atoms with Crippen molar-refractivity contribution in [2.75, 3.05) is 11.1 Å². The quantitative estimate of drug-likeness (QED) is 0.701. The van der Waals surface area contributed by atoms with Crippen LogP contribution in [0.2, 0.25) is 5.02 Å². The second-order valence-corrected chi connectivity index (χ2v) is 4.55. The van der Waals surface area contributed by atoms with E-state index >= 15 is 0 Å². The number of anilines is 3. The molecular formula is C14H9ClN4O. The van der Waals surface area contributed by atoms with Crippen molar-refractivity contribution in [3.8, 4) is 6.07 Å². The van der Waals surface area contributed by atoms with E-state index in [4.69, 9.17) is 27.0 Å². The number of oxazole rings is 1. The maximum Gasteiger partial charge on any atom is 0.300 e. The highest BCUT2D eigenvalue weighted by Crippen LogP contribution is 2.29. The molecule has 5 nitrogen and oxygen atoms in total. The lowest BCUT2D eigenvalue weighted by Crippen LogP contribution is -1.92. The number of para-hydroxylation sites is 1. The van der Waals surface area contributed by atoms with Gasteiger partial charge < -0.3 is 15.5 Å². The van der Waals surface area contributed by atoms with Gasteiger partial charge in [-0.2, -0.15) is 10.2 Å². The summed E-state index contributed by atoms with van der Waals surface area (Å²) in [6.45, 7) is 0. The molecule has 0 radical (unpaired) electrons. The van der Waals surface area contributed by atoms with Crippen molar-refractivity contribution in [2.24, 2.45) is 0 Å². The van der Waals surface area contributed by atoms with E-state index in [2.05, 4.69) is 10.3 Å². The summed E-state index contributed by atoms with van der Waals surface area (Å²) < 4.78 is 5.54. The Balaban J connectivity index is 1.97. The minimum Gasteiger partial charge on any atom is -0.423 e. The average Bonchev–Trinajstić information content (AvgIpc) is 2.85. The summed E-state index contributed by atoms with van der Waals surface area (Å²) >= 11 is 6.08. The second kappa shape index (κ2) is 4.76. The Labute approximate surface area is 119 Å². The monoisotopic (exact) mass is 284 g/mol. The summed E-state index contributed by atoms with van der Waals surface area (Å²) in [6, 6.07) is 12.6. The maximum atomic E-state index is 8.79. The Morgan fingerprint density at radius 2 is 2.15 bits per heavy atom. The topological polar surface area (TPSA) is 87.9 Å². The first-order valence-electron chi connectivity index (χ1n) is 5.79.